The first-order valence-corrected chi connectivity index (χ1v) is 6.10. The largest absolute Gasteiger partial charge is 0.507 e. The summed E-state index contributed by atoms with van der Waals surface area (Å²) in [4.78, 5) is 23.9. The molecule has 2 rings (SSSR count). The summed E-state index contributed by atoms with van der Waals surface area (Å²) in [7, 11) is 0. The monoisotopic (exact) mass is 260 g/mol. The van der Waals surface area contributed by atoms with Gasteiger partial charge in [0.2, 0.25) is 0 Å². The van der Waals surface area contributed by atoms with E-state index in [1.165, 1.54) is 18.4 Å². The van der Waals surface area contributed by atoms with Crippen LogP contribution in [0.15, 0.2) is 40.2 Å². The van der Waals surface area contributed by atoms with Crippen molar-refractivity contribution in [1.82, 2.24) is 0 Å². The standard InChI is InChI=1S/C15H16O4/c1-15(2)8-12(17)14(13(18)9-15)11(16)6-5-10-4-3-7-19-10/h3-7,16H,8-9H2,1-2H3/b6-5+. The molecule has 4 nitrogen and oxygen atoms in total. The van der Waals surface area contributed by atoms with Gasteiger partial charge in [0.05, 0.1) is 6.26 Å². The summed E-state index contributed by atoms with van der Waals surface area (Å²) in [6.07, 6.45) is 4.88. The van der Waals surface area contributed by atoms with E-state index in [1.54, 1.807) is 12.1 Å². The van der Waals surface area contributed by atoms with Crippen LogP contribution in [-0.2, 0) is 9.59 Å². The second kappa shape index (κ2) is 4.88. The Labute approximate surface area is 111 Å². The fourth-order valence-corrected chi connectivity index (χ4v) is 2.18. The van der Waals surface area contributed by atoms with E-state index < -0.39 is 0 Å². The molecule has 0 atom stereocenters. The van der Waals surface area contributed by atoms with Crippen molar-refractivity contribution < 1.29 is 19.1 Å². The lowest BCUT2D eigenvalue weighted by Crippen LogP contribution is -2.32. The highest BCUT2D eigenvalue weighted by Crippen LogP contribution is 2.34. The van der Waals surface area contributed by atoms with E-state index in [0.717, 1.165) is 0 Å². The zero-order valence-corrected chi connectivity index (χ0v) is 11.0. The van der Waals surface area contributed by atoms with Gasteiger partial charge in [0.15, 0.2) is 11.6 Å². The second-order valence-corrected chi connectivity index (χ2v) is 5.47. The number of carbonyl (C=O) groups excluding carboxylic acids is 2. The van der Waals surface area contributed by atoms with Crippen LogP contribution in [0.1, 0.15) is 32.4 Å². The number of ketones is 2. The molecule has 1 aromatic rings. The molecule has 1 aliphatic rings. The number of hydrogen-bond donors (Lipinski definition) is 1. The zero-order chi connectivity index (χ0) is 14.0. The Balaban J connectivity index is 2.26. The number of Topliss-reactive ketones (excluding diaryl/α,β-unsaturated/α-hetero) is 2. The van der Waals surface area contributed by atoms with Gasteiger partial charge in [-0.2, -0.15) is 0 Å². The van der Waals surface area contributed by atoms with Gasteiger partial charge in [0.25, 0.3) is 0 Å². The van der Waals surface area contributed by atoms with Crippen LogP contribution >= 0.6 is 0 Å². The maximum absolute atomic E-state index is 11.9. The van der Waals surface area contributed by atoms with E-state index in [0.29, 0.717) is 5.76 Å². The fourth-order valence-electron chi connectivity index (χ4n) is 2.18. The molecule has 1 heterocycles. The number of hydrogen-bond acceptors (Lipinski definition) is 4. The van der Waals surface area contributed by atoms with E-state index in [2.05, 4.69) is 0 Å². The Hall–Kier alpha value is -2.10. The third-order valence-corrected chi connectivity index (χ3v) is 3.04. The van der Waals surface area contributed by atoms with Gasteiger partial charge in [-0.05, 0) is 29.7 Å². The van der Waals surface area contributed by atoms with Crippen molar-refractivity contribution >= 4 is 17.6 Å². The number of carbonyl (C=O) groups is 2. The van der Waals surface area contributed by atoms with E-state index in [4.69, 9.17) is 4.42 Å². The highest BCUT2D eigenvalue weighted by atomic mass is 16.3. The molecule has 0 saturated heterocycles. The Morgan fingerprint density at radius 2 is 1.95 bits per heavy atom. The predicted molar refractivity (Wildman–Crippen MR) is 70.4 cm³/mol. The first kappa shape index (κ1) is 13.3. The van der Waals surface area contributed by atoms with Crippen molar-refractivity contribution in [3.63, 3.8) is 0 Å². The van der Waals surface area contributed by atoms with E-state index in [1.807, 2.05) is 13.8 Å². The molecule has 0 spiro atoms. The van der Waals surface area contributed by atoms with Gasteiger partial charge in [0, 0.05) is 12.8 Å². The molecular weight excluding hydrogens is 244 g/mol. The minimum absolute atomic E-state index is 0.0952. The van der Waals surface area contributed by atoms with Gasteiger partial charge in [-0.1, -0.05) is 13.8 Å². The number of aliphatic hydroxyl groups excluding tert-OH is 1. The lowest BCUT2D eigenvalue weighted by molar-refractivity contribution is -0.127. The molecule has 0 aliphatic heterocycles. The minimum Gasteiger partial charge on any atom is -0.507 e. The van der Waals surface area contributed by atoms with Gasteiger partial charge in [-0.15, -0.1) is 0 Å². The van der Waals surface area contributed by atoms with Crippen LogP contribution < -0.4 is 0 Å². The molecule has 0 unspecified atom stereocenters. The zero-order valence-electron chi connectivity index (χ0n) is 11.0. The summed E-state index contributed by atoms with van der Waals surface area (Å²) in [6, 6.07) is 3.42. The van der Waals surface area contributed by atoms with Crippen LogP contribution in [0.4, 0.5) is 0 Å². The average Bonchev–Trinajstić information content (AvgIpc) is 2.76. The molecule has 1 aliphatic carbocycles. The fraction of sp³-hybridized carbons (Fsp3) is 0.333. The van der Waals surface area contributed by atoms with Crippen molar-refractivity contribution in [2.45, 2.75) is 26.7 Å². The highest BCUT2D eigenvalue weighted by Gasteiger charge is 2.37. The van der Waals surface area contributed by atoms with Crippen LogP contribution in [0, 0.1) is 5.41 Å². The molecule has 1 saturated carbocycles. The Morgan fingerprint density at radius 3 is 2.47 bits per heavy atom. The molecule has 4 heteroatoms. The Morgan fingerprint density at radius 1 is 1.32 bits per heavy atom. The number of allylic oxidation sites excluding steroid dienone is 2. The van der Waals surface area contributed by atoms with Gasteiger partial charge in [0.1, 0.15) is 17.1 Å². The molecule has 100 valence electrons. The Bertz CT molecular complexity index is 537. The summed E-state index contributed by atoms with van der Waals surface area (Å²) < 4.78 is 5.07. The maximum Gasteiger partial charge on any atom is 0.170 e. The lowest BCUT2D eigenvalue weighted by Gasteiger charge is -2.28. The molecule has 1 aromatic heterocycles. The molecule has 0 bridgehead atoms. The quantitative estimate of drug-likeness (QED) is 0.504. The molecule has 19 heavy (non-hydrogen) atoms. The number of rotatable bonds is 2. The number of furan rings is 1. The van der Waals surface area contributed by atoms with Crippen molar-refractivity contribution in [3.8, 4) is 0 Å². The van der Waals surface area contributed by atoms with Gasteiger partial charge < -0.3 is 9.52 Å². The van der Waals surface area contributed by atoms with Crippen LogP contribution in [0.5, 0.6) is 0 Å². The summed E-state index contributed by atoms with van der Waals surface area (Å²) in [5, 5.41) is 9.89. The molecule has 0 radical (unpaired) electrons. The van der Waals surface area contributed by atoms with E-state index in [9.17, 15) is 14.7 Å². The topological polar surface area (TPSA) is 67.5 Å². The molecule has 0 amide bonds. The van der Waals surface area contributed by atoms with Gasteiger partial charge >= 0.3 is 0 Å². The van der Waals surface area contributed by atoms with Crippen molar-refractivity contribution in [1.29, 1.82) is 0 Å². The van der Waals surface area contributed by atoms with Crippen molar-refractivity contribution in [2.24, 2.45) is 5.41 Å². The highest BCUT2D eigenvalue weighted by molar-refractivity contribution is 6.22. The van der Waals surface area contributed by atoms with E-state index in [-0.39, 0.29) is 41.2 Å². The third-order valence-electron chi connectivity index (χ3n) is 3.04. The average molecular weight is 260 g/mol. The maximum atomic E-state index is 11.9. The van der Waals surface area contributed by atoms with Crippen LogP contribution in [0.2, 0.25) is 0 Å². The van der Waals surface area contributed by atoms with Crippen molar-refractivity contribution in [2.75, 3.05) is 0 Å². The van der Waals surface area contributed by atoms with Crippen molar-refractivity contribution in [3.05, 3.63) is 41.6 Å². The van der Waals surface area contributed by atoms with Gasteiger partial charge in [-0.3, -0.25) is 9.59 Å². The smallest absolute Gasteiger partial charge is 0.170 e. The Kier molecular flexibility index (Phi) is 3.42. The number of aliphatic hydroxyl groups is 1. The summed E-state index contributed by atoms with van der Waals surface area (Å²) in [6.45, 7) is 3.74. The van der Waals surface area contributed by atoms with E-state index >= 15 is 0 Å². The normalized spacial score (nSPS) is 19.2. The summed E-state index contributed by atoms with van der Waals surface area (Å²) >= 11 is 0. The molecule has 1 fully saturated rings. The first-order valence-electron chi connectivity index (χ1n) is 6.10. The summed E-state index contributed by atoms with van der Waals surface area (Å²) in [5.74, 6) is -0.351. The van der Waals surface area contributed by atoms with Gasteiger partial charge in [-0.25, -0.2) is 0 Å². The minimum atomic E-state index is -0.331. The summed E-state index contributed by atoms with van der Waals surface area (Å²) in [5.41, 5.74) is -0.426. The predicted octanol–water partition coefficient (Wildman–Crippen LogP) is 3.06. The SMILES string of the molecule is CC1(C)CC(=O)C(=C(O)/C=C/c2ccco2)C(=O)C1. The molecule has 0 aromatic carbocycles. The molecular formula is C15H16O4. The first-order chi connectivity index (χ1) is 8.89. The van der Waals surface area contributed by atoms with Crippen LogP contribution in [0.25, 0.3) is 6.08 Å². The molecule has 1 N–H and O–H groups in total. The second-order valence-electron chi connectivity index (χ2n) is 5.47. The third kappa shape index (κ3) is 3.02. The lowest BCUT2D eigenvalue weighted by atomic mass is 9.74. The van der Waals surface area contributed by atoms with Crippen LogP contribution in [-0.4, -0.2) is 16.7 Å². The van der Waals surface area contributed by atoms with Crippen LogP contribution in [0.3, 0.4) is 0 Å².